The lowest BCUT2D eigenvalue weighted by Crippen LogP contribution is -2.31. The standard InChI is InChI=1S/C23H19N7O/c1-15-19(22(31)27-18-7-3-2-4-8-18)20(16-9-12-24-13-10-16)30-23(26-15)28-21(29-30)17-6-5-11-25-14-17/h2-14,20H,1H3,(H,27,31)(H,26,28,29)/t20-/m1/s1. The maximum absolute atomic E-state index is 13.4. The summed E-state index contributed by atoms with van der Waals surface area (Å²) < 4.78 is 1.74. The van der Waals surface area contributed by atoms with E-state index in [4.69, 9.17) is 5.10 Å². The van der Waals surface area contributed by atoms with Gasteiger partial charge in [-0.3, -0.25) is 14.8 Å². The molecule has 5 rings (SSSR count). The summed E-state index contributed by atoms with van der Waals surface area (Å²) in [5.41, 5.74) is 3.69. The molecule has 3 aromatic heterocycles. The minimum Gasteiger partial charge on any atom is -0.328 e. The average molecular weight is 409 g/mol. The van der Waals surface area contributed by atoms with Crippen LogP contribution in [0.2, 0.25) is 0 Å². The highest BCUT2D eigenvalue weighted by Gasteiger charge is 2.34. The molecule has 4 aromatic rings. The Morgan fingerprint density at radius 2 is 1.81 bits per heavy atom. The summed E-state index contributed by atoms with van der Waals surface area (Å²) in [7, 11) is 0. The molecule has 8 heteroatoms. The van der Waals surface area contributed by atoms with E-state index in [0.717, 1.165) is 16.8 Å². The number of hydrogen-bond donors (Lipinski definition) is 2. The van der Waals surface area contributed by atoms with E-state index in [2.05, 4.69) is 25.6 Å². The SMILES string of the molecule is CC1=C(C(=O)Nc2ccccc2)[C@@H](c2ccncc2)n2nc(-c3cccnc3)nc2N1. The molecule has 0 aliphatic carbocycles. The van der Waals surface area contributed by atoms with E-state index in [-0.39, 0.29) is 5.91 Å². The lowest BCUT2D eigenvalue weighted by molar-refractivity contribution is -0.113. The van der Waals surface area contributed by atoms with Gasteiger partial charge in [0.25, 0.3) is 5.91 Å². The highest BCUT2D eigenvalue weighted by molar-refractivity contribution is 6.06. The van der Waals surface area contributed by atoms with Crippen molar-refractivity contribution in [2.75, 3.05) is 10.6 Å². The van der Waals surface area contributed by atoms with E-state index in [1.165, 1.54) is 0 Å². The fraction of sp³-hybridized carbons (Fsp3) is 0.0870. The van der Waals surface area contributed by atoms with Gasteiger partial charge in [0.2, 0.25) is 5.95 Å². The van der Waals surface area contributed by atoms with E-state index in [0.29, 0.717) is 23.0 Å². The van der Waals surface area contributed by atoms with Gasteiger partial charge < -0.3 is 10.6 Å². The summed E-state index contributed by atoms with van der Waals surface area (Å²) >= 11 is 0. The third kappa shape index (κ3) is 3.55. The fourth-order valence-corrected chi connectivity index (χ4v) is 3.64. The molecular formula is C23H19N7O. The highest BCUT2D eigenvalue weighted by Crippen LogP contribution is 2.36. The van der Waals surface area contributed by atoms with Crippen LogP contribution in [0.4, 0.5) is 11.6 Å². The molecule has 0 radical (unpaired) electrons. The van der Waals surface area contributed by atoms with Crippen LogP contribution in [-0.2, 0) is 4.79 Å². The predicted molar refractivity (Wildman–Crippen MR) is 117 cm³/mol. The number of allylic oxidation sites excluding steroid dienone is 1. The van der Waals surface area contributed by atoms with Crippen LogP contribution in [0.1, 0.15) is 18.5 Å². The van der Waals surface area contributed by atoms with Crippen LogP contribution in [0.25, 0.3) is 11.4 Å². The van der Waals surface area contributed by atoms with Crippen molar-refractivity contribution in [2.45, 2.75) is 13.0 Å². The van der Waals surface area contributed by atoms with Crippen LogP contribution >= 0.6 is 0 Å². The van der Waals surface area contributed by atoms with E-state index < -0.39 is 6.04 Å². The van der Waals surface area contributed by atoms with Crippen LogP contribution in [0.15, 0.2) is 90.7 Å². The number of anilines is 2. The maximum atomic E-state index is 13.4. The fourth-order valence-electron chi connectivity index (χ4n) is 3.64. The average Bonchev–Trinajstić information content (AvgIpc) is 3.23. The molecule has 1 atom stereocenters. The van der Waals surface area contributed by atoms with Crippen molar-refractivity contribution in [2.24, 2.45) is 0 Å². The van der Waals surface area contributed by atoms with Gasteiger partial charge in [-0.15, -0.1) is 5.10 Å². The quantitative estimate of drug-likeness (QED) is 0.534. The second-order valence-corrected chi connectivity index (χ2v) is 7.11. The topological polar surface area (TPSA) is 97.6 Å². The van der Waals surface area contributed by atoms with Crippen LogP contribution in [0, 0.1) is 0 Å². The molecule has 1 aliphatic heterocycles. The minimum absolute atomic E-state index is 0.206. The molecule has 0 saturated heterocycles. The van der Waals surface area contributed by atoms with Gasteiger partial charge in [0.15, 0.2) is 5.82 Å². The second-order valence-electron chi connectivity index (χ2n) is 7.11. The number of carbonyl (C=O) groups excluding carboxylic acids is 1. The molecule has 1 aromatic carbocycles. The maximum Gasteiger partial charge on any atom is 0.255 e. The summed E-state index contributed by atoms with van der Waals surface area (Å²) in [4.78, 5) is 26.3. The predicted octanol–water partition coefficient (Wildman–Crippen LogP) is 3.66. The molecule has 1 amide bonds. The van der Waals surface area contributed by atoms with Crippen LogP contribution < -0.4 is 10.6 Å². The zero-order valence-corrected chi connectivity index (χ0v) is 16.7. The summed E-state index contributed by atoms with van der Waals surface area (Å²) in [6.45, 7) is 1.87. The smallest absolute Gasteiger partial charge is 0.255 e. The van der Waals surface area contributed by atoms with Crippen LogP contribution in [0.3, 0.4) is 0 Å². The Bertz CT molecular complexity index is 1250. The molecule has 152 valence electrons. The Balaban J connectivity index is 1.60. The first-order valence-corrected chi connectivity index (χ1v) is 9.82. The lowest BCUT2D eigenvalue weighted by Gasteiger charge is -2.28. The molecule has 31 heavy (non-hydrogen) atoms. The van der Waals surface area contributed by atoms with Crippen LogP contribution in [0.5, 0.6) is 0 Å². The van der Waals surface area contributed by atoms with Crippen LogP contribution in [-0.4, -0.2) is 30.6 Å². The number of carbonyl (C=O) groups is 1. The number of benzene rings is 1. The molecule has 0 saturated carbocycles. The minimum atomic E-state index is -0.458. The summed E-state index contributed by atoms with van der Waals surface area (Å²) in [6, 6.07) is 16.4. The van der Waals surface area contributed by atoms with Crippen molar-refractivity contribution in [1.82, 2.24) is 24.7 Å². The molecular weight excluding hydrogens is 390 g/mol. The Labute approximate surface area is 178 Å². The first-order chi connectivity index (χ1) is 15.2. The first kappa shape index (κ1) is 18.7. The molecule has 0 spiro atoms. The van der Waals surface area contributed by atoms with Crippen molar-refractivity contribution in [3.63, 3.8) is 0 Å². The van der Waals surface area contributed by atoms with E-state index in [9.17, 15) is 4.79 Å². The Morgan fingerprint density at radius 1 is 1.00 bits per heavy atom. The number of hydrogen-bond acceptors (Lipinski definition) is 6. The largest absolute Gasteiger partial charge is 0.328 e. The summed E-state index contributed by atoms with van der Waals surface area (Å²) in [6.07, 6.45) is 6.83. The third-order valence-corrected chi connectivity index (χ3v) is 5.07. The van der Waals surface area contributed by atoms with Crippen molar-refractivity contribution < 1.29 is 4.79 Å². The van der Waals surface area contributed by atoms with Crippen molar-refractivity contribution >= 4 is 17.5 Å². The number of nitrogens with one attached hydrogen (secondary N) is 2. The van der Waals surface area contributed by atoms with Gasteiger partial charge in [0, 0.05) is 41.7 Å². The Hall–Kier alpha value is -4.33. The van der Waals surface area contributed by atoms with Crippen molar-refractivity contribution in [3.05, 3.63) is 96.2 Å². The number of para-hydroxylation sites is 1. The number of amides is 1. The van der Waals surface area contributed by atoms with Gasteiger partial charge in [0.05, 0.1) is 5.57 Å². The first-order valence-electron chi connectivity index (χ1n) is 9.82. The number of fused-ring (bicyclic) bond motifs is 1. The summed E-state index contributed by atoms with van der Waals surface area (Å²) in [5, 5.41) is 10.9. The van der Waals surface area contributed by atoms with E-state index in [1.807, 2.05) is 61.5 Å². The van der Waals surface area contributed by atoms with Gasteiger partial charge in [0.1, 0.15) is 6.04 Å². The highest BCUT2D eigenvalue weighted by atomic mass is 16.1. The number of nitrogens with zero attached hydrogens (tertiary/aromatic N) is 5. The lowest BCUT2D eigenvalue weighted by atomic mass is 9.96. The van der Waals surface area contributed by atoms with Crippen molar-refractivity contribution in [3.8, 4) is 11.4 Å². The third-order valence-electron chi connectivity index (χ3n) is 5.07. The molecule has 1 aliphatic rings. The van der Waals surface area contributed by atoms with Gasteiger partial charge >= 0.3 is 0 Å². The van der Waals surface area contributed by atoms with Gasteiger partial charge in [-0.1, -0.05) is 18.2 Å². The molecule has 0 unspecified atom stereocenters. The van der Waals surface area contributed by atoms with E-state index >= 15 is 0 Å². The molecule has 0 bridgehead atoms. The summed E-state index contributed by atoms with van der Waals surface area (Å²) in [5.74, 6) is 0.892. The zero-order valence-electron chi connectivity index (χ0n) is 16.7. The molecule has 4 heterocycles. The van der Waals surface area contributed by atoms with Gasteiger partial charge in [-0.05, 0) is 48.9 Å². The van der Waals surface area contributed by atoms with Crippen molar-refractivity contribution in [1.29, 1.82) is 0 Å². The van der Waals surface area contributed by atoms with Gasteiger partial charge in [-0.25, -0.2) is 4.68 Å². The number of rotatable bonds is 4. The number of aromatic nitrogens is 5. The molecule has 0 fully saturated rings. The second kappa shape index (κ2) is 7.83. The Kier molecular flexibility index (Phi) is 4.72. The zero-order chi connectivity index (χ0) is 21.2. The Morgan fingerprint density at radius 3 is 2.55 bits per heavy atom. The number of pyridine rings is 2. The molecule has 8 nitrogen and oxygen atoms in total. The monoisotopic (exact) mass is 409 g/mol. The van der Waals surface area contributed by atoms with Gasteiger partial charge in [-0.2, -0.15) is 4.98 Å². The van der Waals surface area contributed by atoms with E-state index in [1.54, 1.807) is 29.5 Å². The molecule has 2 N–H and O–H groups in total. The normalized spacial score (nSPS) is 15.2.